The molecule has 0 fully saturated rings. The highest BCUT2D eigenvalue weighted by molar-refractivity contribution is 6.30. The van der Waals surface area contributed by atoms with Gasteiger partial charge in [-0.2, -0.15) is 0 Å². The lowest BCUT2D eigenvalue weighted by molar-refractivity contribution is 0.486. The monoisotopic (exact) mass is 208 g/mol. The number of furan rings is 1. The Bertz CT molecular complexity index is 397. The van der Waals surface area contributed by atoms with Crippen LogP contribution in [0.4, 0.5) is 0 Å². The molecule has 2 aromatic rings. The molecule has 0 aromatic carbocycles. The molecule has 0 amide bonds. The first-order valence-corrected chi connectivity index (χ1v) is 4.55. The van der Waals surface area contributed by atoms with Gasteiger partial charge in [-0.25, -0.2) is 0 Å². The van der Waals surface area contributed by atoms with Crippen molar-refractivity contribution < 1.29 is 4.42 Å². The summed E-state index contributed by atoms with van der Waals surface area (Å²) in [5.74, 6) is 0.694. The van der Waals surface area contributed by atoms with Crippen LogP contribution >= 0.6 is 11.6 Å². The number of aromatic nitrogens is 1. The van der Waals surface area contributed by atoms with Gasteiger partial charge in [-0.05, 0) is 24.3 Å². The summed E-state index contributed by atoms with van der Waals surface area (Å²) in [6, 6.07) is 6.83. The van der Waals surface area contributed by atoms with Gasteiger partial charge in [0, 0.05) is 6.20 Å². The molecule has 1 unspecified atom stereocenters. The highest BCUT2D eigenvalue weighted by Gasteiger charge is 2.12. The van der Waals surface area contributed by atoms with Crippen LogP contribution in [0.15, 0.2) is 41.1 Å². The van der Waals surface area contributed by atoms with E-state index in [-0.39, 0.29) is 6.04 Å². The first-order chi connectivity index (χ1) is 6.77. The molecule has 1 atom stereocenters. The second-order valence-corrected chi connectivity index (χ2v) is 3.33. The van der Waals surface area contributed by atoms with Gasteiger partial charge in [-0.15, -0.1) is 0 Å². The van der Waals surface area contributed by atoms with Gasteiger partial charge in [0.05, 0.1) is 17.0 Å². The number of rotatable bonds is 2. The van der Waals surface area contributed by atoms with E-state index >= 15 is 0 Å². The normalized spacial score (nSPS) is 12.7. The molecular weight excluding hydrogens is 200 g/mol. The maximum atomic E-state index is 5.91. The maximum Gasteiger partial charge on any atom is 0.126 e. The van der Waals surface area contributed by atoms with Crippen LogP contribution in [0.1, 0.15) is 17.5 Å². The summed E-state index contributed by atoms with van der Waals surface area (Å²) < 4.78 is 5.18. The molecule has 0 aliphatic heterocycles. The van der Waals surface area contributed by atoms with E-state index in [1.165, 1.54) is 0 Å². The summed E-state index contributed by atoms with van der Waals surface area (Å²) in [7, 11) is 0. The van der Waals surface area contributed by atoms with E-state index < -0.39 is 0 Å². The lowest BCUT2D eigenvalue weighted by Crippen LogP contribution is -2.12. The molecule has 0 spiro atoms. The van der Waals surface area contributed by atoms with Crippen molar-refractivity contribution in [2.75, 3.05) is 0 Å². The van der Waals surface area contributed by atoms with Gasteiger partial charge in [0.2, 0.25) is 0 Å². The molecule has 14 heavy (non-hydrogen) atoms. The molecule has 2 aromatic heterocycles. The molecule has 0 aliphatic rings. The largest absolute Gasteiger partial charge is 0.467 e. The van der Waals surface area contributed by atoms with Crippen LogP contribution in [0.3, 0.4) is 0 Å². The van der Waals surface area contributed by atoms with E-state index in [9.17, 15) is 0 Å². The number of nitrogens with two attached hydrogens (primary N) is 1. The van der Waals surface area contributed by atoms with Crippen LogP contribution in [0.5, 0.6) is 0 Å². The smallest absolute Gasteiger partial charge is 0.126 e. The Balaban J connectivity index is 2.28. The Labute approximate surface area is 86.5 Å². The SMILES string of the molecule is NC(c1ccc(Cl)cn1)c1ccco1. The van der Waals surface area contributed by atoms with Crippen molar-refractivity contribution in [2.24, 2.45) is 5.73 Å². The van der Waals surface area contributed by atoms with E-state index in [2.05, 4.69) is 4.98 Å². The quantitative estimate of drug-likeness (QED) is 0.825. The van der Waals surface area contributed by atoms with Crippen LogP contribution in [0, 0.1) is 0 Å². The second kappa shape index (κ2) is 3.82. The van der Waals surface area contributed by atoms with Gasteiger partial charge >= 0.3 is 0 Å². The zero-order valence-electron chi connectivity index (χ0n) is 7.35. The van der Waals surface area contributed by atoms with Crippen molar-refractivity contribution in [1.82, 2.24) is 4.98 Å². The van der Waals surface area contributed by atoms with Crippen LogP contribution in [0.25, 0.3) is 0 Å². The van der Waals surface area contributed by atoms with Gasteiger partial charge in [0.1, 0.15) is 11.8 Å². The van der Waals surface area contributed by atoms with Crippen LogP contribution in [0.2, 0.25) is 5.02 Å². The van der Waals surface area contributed by atoms with Crippen molar-refractivity contribution >= 4 is 11.6 Å². The average Bonchev–Trinajstić information content (AvgIpc) is 2.71. The summed E-state index contributed by atoms with van der Waals surface area (Å²) >= 11 is 5.71. The molecule has 0 radical (unpaired) electrons. The maximum absolute atomic E-state index is 5.91. The van der Waals surface area contributed by atoms with Gasteiger partial charge < -0.3 is 10.2 Å². The van der Waals surface area contributed by atoms with E-state index in [1.807, 2.05) is 6.07 Å². The zero-order valence-corrected chi connectivity index (χ0v) is 8.11. The Hall–Kier alpha value is -1.32. The average molecular weight is 209 g/mol. The third kappa shape index (κ3) is 1.78. The number of pyridine rings is 1. The molecule has 3 nitrogen and oxygen atoms in total. The fraction of sp³-hybridized carbons (Fsp3) is 0.100. The van der Waals surface area contributed by atoms with Gasteiger partial charge in [-0.1, -0.05) is 11.6 Å². The minimum Gasteiger partial charge on any atom is -0.467 e. The summed E-state index contributed by atoms with van der Waals surface area (Å²) in [5.41, 5.74) is 6.65. The first-order valence-electron chi connectivity index (χ1n) is 4.18. The lowest BCUT2D eigenvalue weighted by Gasteiger charge is -2.07. The van der Waals surface area contributed by atoms with E-state index in [0.29, 0.717) is 10.8 Å². The molecule has 0 bridgehead atoms. The molecule has 4 heteroatoms. The first kappa shape index (κ1) is 9.24. The predicted octanol–water partition coefficient (Wildman–Crippen LogP) is 2.38. The minimum absolute atomic E-state index is 0.331. The summed E-state index contributed by atoms with van der Waals surface area (Å²) in [6.45, 7) is 0. The third-order valence-electron chi connectivity index (χ3n) is 1.92. The second-order valence-electron chi connectivity index (χ2n) is 2.89. The molecule has 72 valence electrons. The fourth-order valence-corrected chi connectivity index (χ4v) is 1.30. The summed E-state index contributed by atoms with van der Waals surface area (Å²) in [6.07, 6.45) is 3.16. The fourth-order valence-electron chi connectivity index (χ4n) is 1.19. The highest BCUT2D eigenvalue weighted by atomic mass is 35.5. The molecule has 2 N–H and O–H groups in total. The van der Waals surface area contributed by atoms with Crippen molar-refractivity contribution in [3.63, 3.8) is 0 Å². The van der Waals surface area contributed by atoms with Crippen LogP contribution in [-0.4, -0.2) is 4.98 Å². The lowest BCUT2D eigenvalue weighted by atomic mass is 10.1. The Morgan fingerprint density at radius 3 is 2.79 bits per heavy atom. The van der Waals surface area contributed by atoms with Crippen molar-refractivity contribution in [3.8, 4) is 0 Å². The van der Waals surface area contributed by atoms with Crippen LogP contribution in [-0.2, 0) is 0 Å². The standard InChI is InChI=1S/C10H9ClN2O/c11-7-3-4-8(13-6-7)10(12)9-2-1-5-14-9/h1-6,10H,12H2. The molecule has 2 heterocycles. The topological polar surface area (TPSA) is 52.0 Å². The molecule has 0 saturated heterocycles. The van der Waals surface area contributed by atoms with Gasteiger partial charge in [0.25, 0.3) is 0 Å². The van der Waals surface area contributed by atoms with Crippen molar-refractivity contribution in [2.45, 2.75) is 6.04 Å². The molecule has 0 saturated carbocycles. The van der Waals surface area contributed by atoms with Gasteiger partial charge in [-0.3, -0.25) is 4.98 Å². The Kier molecular flexibility index (Phi) is 2.52. The Morgan fingerprint density at radius 1 is 1.36 bits per heavy atom. The zero-order chi connectivity index (χ0) is 9.97. The Morgan fingerprint density at radius 2 is 2.21 bits per heavy atom. The molecular formula is C10H9ClN2O. The van der Waals surface area contributed by atoms with E-state index in [4.69, 9.17) is 21.8 Å². The number of nitrogens with zero attached hydrogens (tertiary/aromatic N) is 1. The van der Waals surface area contributed by atoms with Crippen molar-refractivity contribution in [1.29, 1.82) is 0 Å². The van der Waals surface area contributed by atoms with Crippen LogP contribution < -0.4 is 5.73 Å². The van der Waals surface area contributed by atoms with E-state index in [0.717, 1.165) is 5.69 Å². The third-order valence-corrected chi connectivity index (χ3v) is 2.14. The minimum atomic E-state index is -0.331. The van der Waals surface area contributed by atoms with Crippen molar-refractivity contribution in [3.05, 3.63) is 53.2 Å². The molecule has 0 aliphatic carbocycles. The predicted molar refractivity (Wildman–Crippen MR) is 54.0 cm³/mol. The van der Waals surface area contributed by atoms with E-state index in [1.54, 1.807) is 30.7 Å². The summed E-state index contributed by atoms with van der Waals surface area (Å²) in [5, 5.41) is 0.598. The number of hydrogen-bond acceptors (Lipinski definition) is 3. The summed E-state index contributed by atoms with van der Waals surface area (Å²) in [4.78, 5) is 4.12. The van der Waals surface area contributed by atoms with Gasteiger partial charge in [0.15, 0.2) is 0 Å². The highest BCUT2D eigenvalue weighted by Crippen LogP contribution is 2.18. The number of halogens is 1. The number of hydrogen-bond donors (Lipinski definition) is 1. The molecule has 2 rings (SSSR count).